The lowest BCUT2D eigenvalue weighted by molar-refractivity contribution is 0.0512. The van der Waals surface area contributed by atoms with Crippen LogP contribution in [-0.2, 0) is 11.3 Å². The van der Waals surface area contributed by atoms with Gasteiger partial charge in [-0.15, -0.1) is 0 Å². The summed E-state index contributed by atoms with van der Waals surface area (Å²) in [7, 11) is 0. The van der Waals surface area contributed by atoms with Crippen LogP contribution in [0.3, 0.4) is 0 Å². The molecule has 30 heavy (non-hydrogen) atoms. The fourth-order valence-corrected chi connectivity index (χ4v) is 3.22. The minimum Gasteiger partial charge on any atom is -0.460 e. The molecular weight excluding hydrogens is 427 g/mol. The molecule has 7 nitrogen and oxygen atoms in total. The van der Waals surface area contributed by atoms with Crippen LogP contribution in [0.25, 0.3) is 22.4 Å². The number of rotatable bonds is 6. The first-order valence-electron chi connectivity index (χ1n) is 9.14. The van der Waals surface area contributed by atoms with Gasteiger partial charge in [0.25, 0.3) is 5.71 Å². The molecule has 4 rings (SSSR count). The molecule has 0 radical (unpaired) electrons. The lowest BCUT2D eigenvalue weighted by atomic mass is 10.1. The Kier molecular flexibility index (Phi) is 5.83. The molecule has 2 aromatic heterocycles. The molecule has 0 atom stereocenters. The summed E-state index contributed by atoms with van der Waals surface area (Å²) >= 11 is 12.3. The van der Waals surface area contributed by atoms with Crippen LogP contribution in [0.2, 0.25) is 10.0 Å². The van der Waals surface area contributed by atoms with E-state index in [0.29, 0.717) is 33.5 Å². The number of aromatic nitrogens is 3. The van der Waals surface area contributed by atoms with Crippen LogP contribution >= 0.6 is 23.2 Å². The average molecular weight is 443 g/mol. The van der Waals surface area contributed by atoms with Gasteiger partial charge >= 0.3 is 5.97 Å². The van der Waals surface area contributed by atoms with Gasteiger partial charge in [0, 0.05) is 22.2 Å². The second kappa shape index (κ2) is 8.69. The van der Waals surface area contributed by atoms with E-state index in [1.54, 1.807) is 25.1 Å². The first kappa shape index (κ1) is 20.1. The lowest BCUT2D eigenvalue weighted by Crippen LogP contribution is -2.12. The van der Waals surface area contributed by atoms with Crippen molar-refractivity contribution in [1.82, 2.24) is 15.1 Å². The zero-order chi connectivity index (χ0) is 21.1. The number of carbonyl (C=O) groups is 1. The maximum absolute atomic E-state index is 12.2. The predicted octanol–water partition coefficient (Wildman–Crippen LogP) is 5.38. The molecule has 0 fully saturated rings. The highest BCUT2D eigenvalue weighted by Gasteiger charge is 2.22. The Morgan fingerprint density at radius 2 is 1.87 bits per heavy atom. The number of benzene rings is 2. The third kappa shape index (κ3) is 4.08. The van der Waals surface area contributed by atoms with Crippen LogP contribution in [0, 0.1) is 0 Å². The van der Waals surface area contributed by atoms with Gasteiger partial charge in [0.2, 0.25) is 5.82 Å². The number of fused-ring (bicyclic) bond motifs is 1. The first-order valence-corrected chi connectivity index (χ1v) is 9.90. The van der Waals surface area contributed by atoms with Gasteiger partial charge < -0.3 is 14.6 Å². The van der Waals surface area contributed by atoms with Crippen molar-refractivity contribution < 1.29 is 14.1 Å². The van der Waals surface area contributed by atoms with E-state index in [2.05, 4.69) is 20.4 Å². The molecule has 0 saturated heterocycles. The van der Waals surface area contributed by atoms with Crippen molar-refractivity contribution in [3.63, 3.8) is 0 Å². The highest BCUT2D eigenvalue weighted by Crippen LogP contribution is 2.33. The summed E-state index contributed by atoms with van der Waals surface area (Å²) in [6, 6.07) is 14.6. The molecule has 9 heteroatoms. The van der Waals surface area contributed by atoms with E-state index in [0.717, 1.165) is 11.1 Å². The minimum atomic E-state index is -0.648. The van der Waals surface area contributed by atoms with E-state index in [1.807, 2.05) is 30.3 Å². The van der Waals surface area contributed by atoms with Crippen molar-refractivity contribution in [2.75, 3.05) is 11.9 Å². The topological polar surface area (TPSA) is 90.1 Å². The standard InChI is InChI=1S/C21H16Cl2N4O3/c1-2-29-21(28)19-25-18(24-11-13-5-3-4-6-15(13)23)16-17(27-30-20(16)26-19)12-7-9-14(22)10-8-12/h3-10H,2,11H2,1H3,(H,24,25,26). The second-order valence-corrected chi connectivity index (χ2v) is 7.12. The summed E-state index contributed by atoms with van der Waals surface area (Å²) < 4.78 is 10.4. The van der Waals surface area contributed by atoms with E-state index in [-0.39, 0.29) is 18.1 Å². The smallest absolute Gasteiger partial charge is 0.376 e. The van der Waals surface area contributed by atoms with E-state index in [1.165, 1.54) is 0 Å². The second-order valence-electron chi connectivity index (χ2n) is 6.28. The Labute approximate surface area is 182 Å². The van der Waals surface area contributed by atoms with Crippen LogP contribution in [0.4, 0.5) is 5.82 Å². The highest BCUT2D eigenvalue weighted by molar-refractivity contribution is 6.31. The fourth-order valence-electron chi connectivity index (χ4n) is 2.89. The van der Waals surface area contributed by atoms with Crippen LogP contribution in [0.5, 0.6) is 0 Å². The third-order valence-electron chi connectivity index (χ3n) is 4.32. The van der Waals surface area contributed by atoms with Crippen molar-refractivity contribution >= 4 is 46.1 Å². The van der Waals surface area contributed by atoms with Crippen molar-refractivity contribution in [2.45, 2.75) is 13.5 Å². The van der Waals surface area contributed by atoms with Crippen molar-refractivity contribution in [2.24, 2.45) is 0 Å². The van der Waals surface area contributed by atoms with Gasteiger partial charge in [-0.1, -0.05) is 58.7 Å². The summed E-state index contributed by atoms with van der Waals surface area (Å²) in [6.07, 6.45) is 0. The van der Waals surface area contributed by atoms with E-state index < -0.39 is 5.97 Å². The molecule has 0 aliphatic heterocycles. The summed E-state index contributed by atoms with van der Waals surface area (Å²) in [4.78, 5) is 20.8. The Morgan fingerprint density at radius 3 is 2.60 bits per heavy atom. The summed E-state index contributed by atoms with van der Waals surface area (Å²) in [5.74, 6) is -0.386. The van der Waals surface area contributed by atoms with Gasteiger partial charge in [-0.2, -0.15) is 4.98 Å². The molecule has 0 spiro atoms. The van der Waals surface area contributed by atoms with Gasteiger partial charge in [-0.05, 0) is 30.7 Å². The number of nitrogens with one attached hydrogen (secondary N) is 1. The van der Waals surface area contributed by atoms with Crippen LogP contribution in [-0.4, -0.2) is 27.7 Å². The number of nitrogens with zero attached hydrogens (tertiary/aromatic N) is 3. The molecule has 4 aromatic rings. The molecule has 0 unspecified atom stereocenters. The Morgan fingerprint density at radius 1 is 1.10 bits per heavy atom. The average Bonchev–Trinajstić information content (AvgIpc) is 3.18. The van der Waals surface area contributed by atoms with E-state index in [9.17, 15) is 4.79 Å². The first-order chi connectivity index (χ1) is 14.6. The number of halogens is 2. The molecule has 152 valence electrons. The van der Waals surface area contributed by atoms with Crippen LogP contribution in [0.15, 0.2) is 53.1 Å². The molecule has 0 bridgehead atoms. The molecule has 1 N–H and O–H groups in total. The van der Waals surface area contributed by atoms with Crippen LogP contribution < -0.4 is 5.32 Å². The highest BCUT2D eigenvalue weighted by atomic mass is 35.5. The molecule has 0 aliphatic rings. The maximum Gasteiger partial charge on any atom is 0.376 e. The lowest BCUT2D eigenvalue weighted by Gasteiger charge is -2.10. The maximum atomic E-state index is 12.2. The van der Waals surface area contributed by atoms with Crippen molar-refractivity contribution in [3.05, 3.63) is 70.0 Å². The molecule has 0 saturated carbocycles. The molecule has 0 aliphatic carbocycles. The number of carbonyl (C=O) groups excluding carboxylic acids is 1. The van der Waals surface area contributed by atoms with Gasteiger partial charge in [0.15, 0.2) is 0 Å². The number of ether oxygens (including phenoxy) is 1. The molecule has 2 heterocycles. The van der Waals surface area contributed by atoms with Crippen molar-refractivity contribution in [3.8, 4) is 11.3 Å². The molecule has 2 aromatic carbocycles. The Balaban J connectivity index is 1.80. The molecule has 0 amide bonds. The van der Waals surface area contributed by atoms with Crippen molar-refractivity contribution in [1.29, 1.82) is 0 Å². The minimum absolute atomic E-state index is 0.121. The van der Waals surface area contributed by atoms with Gasteiger partial charge in [0.05, 0.1) is 6.61 Å². The van der Waals surface area contributed by atoms with E-state index in [4.69, 9.17) is 32.5 Å². The predicted molar refractivity (Wildman–Crippen MR) is 115 cm³/mol. The SMILES string of the molecule is CCOC(=O)c1nc(NCc2ccccc2Cl)c2c(-c3ccc(Cl)cc3)noc2n1. The normalized spacial score (nSPS) is 10.9. The zero-order valence-corrected chi connectivity index (χ0v) is 17.4. The van der Waals surface area contributed by atoms with Gasteiger partial charge in [0.1, 0.15) is 16.9 Å². The number of esters is 1. The van der Waals surface area contributed by atoms with Crippen LogP contribution in [0.1, 0.15) is 23.1 Å². The Hall–Kier alpha value is -3.16. The summed E-state index contributed by atoms with van der Waals surface area (Å²) in [6.45, 7) is 2.29. The quantitative estimate of drug-likeness (QED) is 0.400. The monoisotopic (exact) mass is 442 g/mol. The zero-order valence-electron chi connectivity index (χ0n) is 15.9. The van der Waals surface area contributed by atoms with Gasteiger partial charge in [-0.25, -0.2) is 9.78 Å². The van der Waals surface area contributed by atoms with Gasteiger partial charge in [-0.3, -0.25) is 0 Å². The summed E-state index contributed by atoms with van der Waals surface area (Å²) in [5, 5.41) is 9.11. The largest absolute Gasteiger partial charge is 0.460 e. The fraction of sp³-hybridized carbons (Fsp3) is 0.143. The summed E-state index contributed by atoms with van der Waals surface area (Å²) in [5.41, 5.74) is 2.33. The number of anilines is 1. The van der Waals surface area contributed by atoms with E-state index >= 15 is 0 Å². The number of hydrogen-bond donors (Lipinski definition) is 1. The Bertz CT molecular complexity index is 1210. The number of hydrogen-bond acceptors (Lipinski definition) is 7. The third-order valence-corrected chi connectivity index (χ3v) is 4.94. The molecular formula is C21H16Cl2N4O3.